The summed E-state index contributed by atoms with van der Waals surface area (Å²) in [5.41, 5.74) is 2.89. The van der Waals surface area contributed by atoms with E-state index in [1.54, 1.807) is 12.1 Å². The van der Waals surface area contributed by atoms with E-state index in [1.807, 2.05) is 50.2 Å². The molecule has 0 unspecified atom stereocenters. The Hall–Kier alpha value is -2.59. The number of carbonyl (C=O) groups is 1. The molecule has 0 fully saturated rings. The Balaban J connectivity index is 2.45. The highest BCUT2D eigenvalue weighted by Gasteiger charge is 2.22. The second kappa shape index (κ2) is 6.49. The molecular formula is C19H16ClNO3. The van der Waals surface area contributed by atoms with Crippen molar-refractivity contribution in [3.05, 3.63) is 59.2 Å². The normalized spacial score (nSPS) is 11.0. The van der Waals surface area contributed by atoms with Crippen molar-refractivity contribution >= 4 is 28.7 Å². The van der Waals surface area contributed by atoms with Crippen molar-refractivity contribution in [2.45, 2.75) is 19.8 Å². The van der Waals surface area contributed by atoms with Crippen molar-refractivity contribution in [1.29, 1.82) is 0 Å². The van der Waals surface area contributed by atoms with Crippen molar-refractivity contribution < 1.29 is 14.6 Å². The third-order valence-electron chi connectivity index (χ3n) is 3.73. The van der Waals surface area contributed by atoms with Crippen LogP contribution in [-0.4, -0.2) is 16.2 Å². The van der Waals surface area contributed by atoms with E-state index in [2.05, 4.69) is 4.98 Å². The SMILES string of the molecule is CC(C)c1nc2ccc(Cl)cc2c(-c2ccccc2)c1OC(=O)O. The Morgan fingerprint density at radius 1 is 1.17 bits per heavy atom. The highest BCUT2D eigenvalue weighted by Crippen LogP contribution is 2.41. The second-order valence-corrected chi connectivity index (χ2v) is 6.19. The summed E-state index contributed by atoms with van der Waals surface area (Å²) in [6.45, 7) is 3.90. The third-order valence-corrected chi connectivity index (χ3v) is 3.96. The molecule has 122 valence electrons. The number of fused-ring (bicyclic) bond motifs is 1. The van der Waals surface area contributed by atoms with Crippen LogP contribution in [0, 0.1) is 0 Å². The Labute approximate surface area is 144 Å². The molecule has 24 heavy (non-hydrogen) atoms. The summed E-state index contributed by atoms with van der Waals surface area (Å²) in [4.78, 5) is 15.9. The third kappa shape index (κ3) is 3.05. The lowest BCUT2D eigenvalue weighted by molar-refractivity contribution is 0.144. The number of hydrogen-bond acceptors (Lipinski definition) is 3. The van der Waals surface area contributed by atoms with Crippen LogP contribution >= 0.6 is 11.6 Å². The molecule has 0 aliphatic heterocycles. The predicted octanol–water partition coefficient (Wildman–Crippen LogP) is 5.74. The number of hydrogen-bond donors (Lipinski definition) is 1. The monoisotopic (exact) mass is 341 g/mol. The maximum Gasteiger partial charge on any atom is 0.511 e. The van der Waals surface area contributed by atoms with Gasteiger partial charge in [0, 0.05) is 16.0 Å². The molecule has 0 spiro atoms. The van der Waals surface area contributed by atoms with Crippen LogP contribution in [0.25, 0.3) is 22.0 Å². The van der Waals surface area contributed by atoms with Gasteiger partial charge in [0.2, 0.25) is 0 Å². The molecule has 0 amide bonds. The topological polar surface area (TPSA) is 59.4 Å². The van der Waals surface area contributed by atoms with Crippen LogP contribution < -0.4 is 4.74 Å². The molecule has 1 N–H and O–H groups in total. The molecule has 3 aromatic rings. The van der Waals surface area contributed by atoms with Crippen LogP contribution in [0.5, 0.6) is 5.75 Å². The maximum atomic E-state index is 11.3. The van der Waals surface area contributed by atoms with Crippen LogP contribution in [0.2, 0.25) is 5.02 Å². The lowest BCUT2D eigenvalue weighted by Crippen LogP contribution is -2.09. The lowest BCUT2D eigenvalue weighted by atomic mass is 9.96. The van der Waals surface area contributed by atoms with Gasteiger partial charge >= 0.3 is 6.16 Å². The van der Waals surface area contributed by atoms with Gasteiger partial charge in [-0.25, -0.2) is 9.78 Å². The molecular weight excluding hydrogens is 326 g/mol. The molecule has 2 aromatic carbocycles. The van der Waals surface area contributed by atoms with Gasteiger partial charge < -0.3 is 9.84 Å². The summed E-state index contributed by atoms with van der Waals surface area (Å²) >= 11 is 6.15. The van der Waals surface area contributed by atoms with Crippen molar-refractivity contribution in [3.8, 4) is 16.9 Å². The minimum absolute atomic E-state index is 0.00175. The van der Waals surface area contributed by atoms with E-state index < -0.39 is 6.16 Å². The molecule has 0 saturated heterocycles. The Bertz CT molecular complexity index is 907. The minimum atomic E-state index is -1.36. The van der Waals surface area contributed by atoms with Crippen molar-refractivity contribution in [2.24, 2.45) is 0 Å². The van der Waals surface area contributed by atoms with Gasteiger partial charge in [-0.3, -0.25) is 0 Å². The summed E-state index contributed by atoms with van der Waals surface area (Å²) in [5, 5.41) is 10.5. The van der Waals surface area contributed by atoms with E-state index in [4.69, 9.17) is 16.3 Å². The smallest absolute Gasteiger partial charge is 0.449 e. The number of benzene rings is 2. The molecule has 1 heterocycles. The zero-order chi connectivity index (χ0) is 17.3. The first-order valence-corrected chi connectivity index (χ1v) is 7.94. The fourth-order valence-electron chi connectivity index (χ4n) is 2.71. The molecule has 0 atom stereocenters. The van der Waals surface area contributed by atoms with Crippen LogP contribution in [0.15, 0.2) is 48.5 Å². The first-order chi connectivity index (χ1) is 11.5. The number of nitrogens with zero attached hydrogens (tertiary/aromatic N) is 1. The van der Waals surface area contributed by atoms with E-state index >= 15 is 0 Å². The number of ether oxygens (including phenoxy) is 1. The number of carboxylic acid groups (broad SMARTS) is 1. The zero-order valence-corrected chi connectivity index (χ0v) is 14.0. The van der Waals surface area contributed by atoms with Crippen LogP contribution in [0.3, 0.4) is 0 Å². The van der Waals surface area contributed by atoms with Crippen molar-refractivity contribution in [3.63, 3.8) is 0 Å². The first-order valence-electron chi connectivity index (χ1n) is 7.56. The van der Waals surface area contributed by atoms with Crippen molar-refractivity contribution in [2.75, 3.05) is 0 Å². The second-order valence-electron chi connectivity index (χ2n) is 5.75. The van der Waals surface area contributed by atoms with Gasteiger partial charge in [-0.2, -0.15) is 0 Å². The summed E-state index contributed by atoms with van der Waals surface area (Å²) in [6.07, 6.45) is -1.36. The molecule has 1 aromatic heterocycles. The molecule has 0 radical (unpaired) electrons. The minimum Gasteiger partial charge on any atom is -0.449 e. The summed E-state index contributed by atoms with van der Waals surface area (Å²) in [7, 11) is 0. The van der Waals surface area contributed by atoms with Crippen LogP contribution in [0.4, 0.5) is 4.79 Å². The van der Waals surface area contributed by atoms with Gasteiger partial charge in [-0.05, 0) is 29.7 Å². The van der Waals surface area contributed by atoms with Crippen LogP contribution in [0.1, 0.15) is 25.5 Å². The number of pyridine rings is 1. The first kappa shape index (κ1) is 16.3. The lowest BCUT2D eigenvalue weighted by Gasteiger charge is -2.18. The van der Waals surface area contributed by atoms with Crippen LogP contribution in [-0.2, 0) is 0 Å². The van der Waals surface area contributed by atoms with Gasteiger partial charge in [0.05, 0.1) is 11.2 Å². The van der Waals surface area contributed by atoms with Gasteiger partial charge in [-0.1, -0.05) is 55.8 Å². The van der Waals surface area contributed by atoms with E-state index in [0.29, 0.717) is 16.3 Å². The highest BCUT2D eigenvalue weighted by atomic mass is 35.5. The molecule has 0 bridgehead atoms. The summed E-state index contributed by atoms with van der Waals surface area (Å²) < 4.78 is 5.15. The largest absolute Gasteiger partial charge is 0.511 e. The Kier molecular flexibility index (Phi) is 4.40. The van der Waals surface area contributed by atoms with Gasteiger partial charge in [0.1, 0.15) is 0 Å². The number of aromatic nitrogens is 1. The van der Waals surface area contributed by atoms with Gasteiger partial charge in [-0.15, -0.1) is 0 Å². The molecule has 0 aliphatic carbocycles. The molecule has 0 aliphatic rings. The zero-order valence-electron chi connectivity index (χ0n) is 13.3. The summed E-state index contributed by atoms with van der Waals surface area (Å²) in [6, 6.07) is 14.9. The van der Waals surface area contributed by atoms with E-state index in [0.717, 1.165) is 16.5 Å². The highest BCUT2D eigenvalue weighted by molar-refractivity contribution is 6.31. The Morgan fingerprint density at radius 3 is 2.50 bits per heavy atom. The van der Waals surface area contributed by atoms with E-state index in [1.165, 1.54) is 0 Å². The average molecular weight is 342 g/mol. The quantitative estimate of drug-likeness (QED) is 0.617. The number of rotatable bonds is 3. The fraction of sp³-hybridized carbons (Fsp3) is 0.158. The molecule has 0 saturated carbocycles. The van der Waals surface area contributed by atoms with Crippen molar-refractivity contribution in [1.82, 2.24) is 4.98 Å². The fourth-order valence-corrected chi connectivity index (χ4v) is 2.88. The van der Waals surface area contributed by atoms with Gasteiger partial charge in [0.15, 0.2) is 5.75 Å². The predicted molar refractivity (Wildman–Crippen MR) is 94.9 cm³/mol. The standard InChI is InChI=1S/C19H16ClNO3/c1-11(2)17-18(24-19(22)23)16(12-6-4-3-5-7-12)14-10-13(20)8-9-15(14)21-17/h3-11H,1-2H3,(H,22,23). The summed E-state index contributed by atoms with van der Waals surface area (Å²) in [5.74, 6) is 0.264. The average Bonchev–Trinajstić information content (AvgIpc) is 2.54. The molecule has 5 heteroatoms. The maximum absolute atomic E-state index is 11.3. The van der Waals surface area contributed by atoms with Gasteiger partial charge in [0.25, 0.3) is 0 Å². The Morgan fingerprint density at radius 2 is 1.88 bits per heavy atom. The molecule has 3 rings (SSSR count). The van der Waals surface area contributed by atoms with E-state index in [9.17, 15) is 9.90 Å². The van der Waals surface area contributed by atoms with E-state index in [-0.39, 0.29) is 11.7 Å². The number of halogens is 1. The molecule has 4 nitrogen and oxygen atoms in total.